The number of ether oxygens (including phenoxy) is 1. The van der Waals surface area contributed by atoms with Crippen LogP contribution in [0.3, 0.4) is 0 Å². The van der Waals surface area contributed by atoms with Gasteiger partial charge in [-0.25, -0.2) is 4.79 Å². The molecule has 0 aromatic rings. The summed E-state index contributed by atoms with van der Waals surface area (Å²) in [7, 11) is 0. The lowest BCUT2D eigenvalue weighted by molar-refractivity contribution is -0.131. The predicted octanol–water partition coefficient (Wildman–Crippen LogP) is 4.96. The molecule has 2 saturated carbocycles. The van der Waals surface area contributed by atoms with E-state index in [2.05, 4.69) is 26.1 Å². The summed E-state index contributed by atoms with van der Waals surface area (Å²) < 4.78 is 5.87. The maximum atomic E-state index is 12.8. The standard InChI is InChI=1S/C21H37NO3/c1-18(2,3)15(16(23)19(4,5)6)22-17(24)25-14-12-13-10-11-21(14,9)20(13,7)8/h13-15H,10-12H2,1-9H3,(H,22,24)/t13?,14-,15+,21?/m0/s1. The van der Waals surface area contributed by atoms with Crippen LogP contribution in [0, 0.1) is 27.6 Å². The van der Waals surface area contributed by atoms with Crippen molar-refractivity contribution in [2.75, 3.05) is 0 Å². The molecular formula is C21H37NO3. The highest BCUT2D eigenvalue weighted by Gasteiger charge is 2.63. The second-order valence-electron chi connectivity index (χ2n) is 11.1. The van der Waals surface area contributed by atoms with Crippen molar-refractivity contribution < 1.29 is 14.3 Å². The van der Waals surface area contributed by atoms with Crippen LogP contribution in [-0.4, -0.2) is 24.0 Å². The molecule has 1 amide bonds. The van der Waals surface area contributed by atoms with E-state index < -0.39 is 17.6 Å². The van der Waals surface area contributed by atoms with Crippen LogP contribution >= 0.6 is 0 Å². The topological polar surface area (TPSA) is 55.4 Å². The molecule has 2 rings (SSSR count). The van der Waals surface area contributed by atoms with E-state index in [9.17, 15) is 9.59 Å². The van der Waals surface area contributed by atoms with Crippen LogP contribution < -0.4 is 5.32 Å². The summed E-state index contributed by atoms with van der Waals surface area (Å²) in [5.74, 6) is 0.654. The number of nitrogens with one attached hydrogen (secondary N) is 1. The Morgan fingerprint density at radius 1 is 1.08 bits per heavy atom. The van der Waals surface area contributed by atoms with E-state index in [-0.39, 0.29) is 28.1 Å². The smallest absolute Gasteiger partial charge is 0.408 e. The SMILES string of the molecule is CC(C)(C)C(=O)[C@@H](NC(=O)O[C@H]1CC2CCC1(C)C2(C)C)C(C)(C)C. The molecule has 2 fully saturated rings. The monoisotopic (exact) mass is 351 g/mol. The minimum Gasteiger partial charge on any atom is -0.446 e. The van der Waals surface area contributed by atoms with Gasteiger partial charge in [0.25, 0.3) is 0 Å². The Morgan fingerprint density at radius 3 is 2.00 bits per heavy atom. The summed E-state index contributed by atoms with van der Waals surface area (Å²) >= 11 is 0. The average molecular weight is 352 g/mol. The first-order chi connectivity index (χ1) is 11.1. The largest absolute Gasteiger partial charge is 0.446 e. The lowest BCUT2D eigenvalue weighted by Gasteiger charge is -2.39. The Bertz CT molecular complexity index is 552. The van der Waals surface area contributed by atoms with Gasteiger partial charge in [0.2, 0.25) is 0 Å². The fraction of sp³-hybridized carbons (Fsp3) is 0.905. The van der Waals surface area contributed by atoms with Crippen LogP contribution in [0.1, 0.15) is 81.6 Å². The summed E-state index contributed by atoms with van der Waals surface area (Å²) in [6.07, 6.45) is 2.74. The first-order valence-electron chi connectivity index (χ1n) is 9.62. The number of ketones is 1. The molecule has 0 spiro atoms. The quantitative estimate of drug-likeness (QED) is 0.782. The molecule has 4 atom stereocenters. The molecule has 0 aromatic heterocycles. The summed E-state index contributed by atoms with van der Waals surface area (Å²) in [5.41, 5.74) is -0.643. The van der Waals surface area contributed by atoms with Gasteiger partial charge in [-0.3, -0.25) is 4.79 Å². The van der Waals surface area contributed by atoms with Crippen LogP contribution in [0.25, 0.3) is 0 Å². The normalized spacial score (nSPS) is 32.4. The fourth-order valence-electron chi connectivity index (χ4n) is 4.70. The Kier molecular flexibility index (Phi) is 4.85. The molecule has 2 aliphatic carbocycles. The third-order valence-electron chi connectivity index (χ3n) is 7.09. The minimum absolute atomic E-state index is 0.0280. The van der Waals surface area contributed by atoms with Gasteiger partial charge >= 0.3 is 6.09 Å². The second-order valence-corrected chi connectivity index (χ2v) is 11.1. The van der Waals surface area contributed by atoms with E-state index in [0.29, 0.717) is 5.92 Å². The number of rotatable bonds is 3. The van der Waals surface area contributed by atoms with Crippen molar-refractivity contribution >= 4 is 11.9 Å². The molecule has 2 bridgehead atoms. The van der Waals surface area contributed by atoms with Crippen LogP contribution in [-0.2, 0) is 9.53 Å². The zero-order chi connectivity index (χ0) is 19.4. The number of carbonyl (C=O) groups excluding carboxylic acids is 2. The maximum Gasteiger partial charge on any atom is 0.408 e. The molecule has 1 N–H and O–H groups in total. The van der Waals surface area contributed by atoms with Gasteiger partial charge in [0.15, 0.2) is 5.78 Å². The highest BCUT2D eigenvalue weighted by Crippen LogP contribution is 2.66. The number of Topliss-reactive ketones (excluding diaryl/α,β-unsaturated/α-hetero) is 1. The number of amides is 1. The van der Waals surface area contributed by atoms with E-state index >= 15 is 0 Å². The van der Waals surface area contributed by atoms with Gasteiger partial charge in [-0.2, -0.15) is 0 Å². The van der Waals surface area contributed by atoms with Gasteiger partial charge in [0.1, 0.15) is 6.10 Å². The zero-order valence-corrected chi connectivity index (χ0v) is 17.6. The number of hydrogen-bond donors (Lipinski definition) is 1. The van der Waals surface area contributed by atoms with Crippen LogP contribution in [0.5, 0.6) is 0 Å². The highest BCUT2D eigenvalue weighted by atomic mass is 16.6. The van der Waals surface area contributed by atoms with E-state index in [1.165, 1.54) is 6.42 Å². The lowest BCUT2D eigenvalue weighted by Crippen LogP contribution is -2.53. The molecule has 2 unspecified atom stereocenters. The van der Waals surface area contributed by atoms with Crippen molar-refractivity contribution in [3.63, 3.8) is 0 Å². The van der Waals surface area contributed by atoms with Gasteiger partial charge in [-0.15, -0.1) is 0 Å². The third kappa shape index (κ3) is 3.46. The van der Waals surface area contributed by atoms with Crippen LogP contribution in [0.15, 0.2) is 0 Å². The fourth-order valence-corrected chi connectivity index (χ4v) is 4.70. The number of carbonyl (C=O) groups is 2. The average Bonchev–Trinajstić information content (AvgIpc) is 2.75. The molecule has 0 aliphatic heterocycles. The Morgan fingerprint density at radius 2 is 1.64 bits per heavy atom. The van der Waals surface area contributed by atoms with Gasteiger partial charge in [-0.1, -0.05) is 62.3 Å². The van der Waals surface area contributed by atoms with E-state index in [1.807, 2.05) is 41.5 Å². The Labute approximate surface area is 153 Å². The molecule has 0 heterocycles. The maximum absolute atomic E-state index is 12.8. The second kappa shape index (κ2) is 5.99. The molecule has 0 radical (unpaired) electrons. The Balaban J connectivity index is 2.10. The lowest BCUT2D eigenvalue weighted by atomic mass is 9.70. The first kappa shape index (κ1) is 20.3. The van der Waals surface area contributed by atoms with Crippen molar-refractivity contribution in [3.05, 3.63) is 0 Å². The molecule has 144 valence electrons. The summed E-state index contributed by atoms with van der Waals surface area (Å²) in [4.78, 5) is 25.4. The summed E-state index contributed by atoms with van der Waals surface area (Å²) in [5, 5.41) is 2.88. The molecule has 25 heavy (non-hydrogen) atoms. The van der Waals surface area contributed by atoms with Crippen molar-refractivity contribution in [1.82, 2.24) is 5.32 Å². The molecule has 4 heteroatoms. The number of fused-ring (bicyclic) bond motifs is 2. The van der Waals surface area contributed by atoms with Crippen LogP contribution in [0.4, 0.5) is 4.79 Å². The van der Waals surface area contributed by atoms with Crippen molar-refractivity contribution in [2.24, 2.45) is 27.6 Å². The minimum atomic E-state index is -0.556. The van der Waals surface area contributed by atoms with Crippen molar-refractivity contribution in [1.29, 1.82) is 0 Å². The van der Waals surface area contributed by atoms with E-state index in [1.54, 1.807) is 0 Å². The van der Waals surface area contributed by atoms with Crippen LogP contribution in [0.2, 0.25) is 0 Å². The molecule has 0 saturated heterocycles. The summed E-state index contributed by atoms with van der Waals surface area (Å²) in [6, 6.07) is -0.556. The van der Waals surface area contributed by atoms with Gasteiger partial charge in [0.05, 0.1) is 6.04 Å². The number of hydrogen-bond acceptors (Lipinski definition) is 3. The first-order valence-corrected chi connectivity index (χ1v) is 9.62. The zero-order valence-electron chi connectivity index (χ0n) is 17.6. The summed E-state index contributed by atoms with van der Waals surface area (Å²) in [6.45, 7) is 18.4. The number of alkyl carbamates (subject to hydrolysis) is 1. The van der Waals surface area contributed by atoms with E-state index in [0.717, 1.165) is 12.8 Å². The van der Waals surface area contributed by atoms with E-state index in [4.69, 9.17) is 4.74 Å². The van der Waals surface area contributed by atoms with Gasteiger partial charge in [0, 0.05) is 10.8 Å². The van der Waals surface area contributed by atoms with Gasteiger partial charge < -0.3 is 10.1 Å². The van der Waals surface area contributed by atoms with Crippen molar-refractivity contribution in [3.8, 4) is 0 Å². The van der Waals surface area contributed by atoms with Crippen molar-refractivity contribution in [2.45, 2.75) is 93.7 Å². The molecular weight excluding hydrogens is 314 g/mol. The molecule has 4 nitrogen and oxygen atoms in total. The molecule has 0 aromatic carbocycles. The Hall–Kier alpha value is -1.06. The highest BCUT2D eigenvalue weighted by molar-refractivity contribution is 5.92. The molecule has 2 aliphatic rings. The third-order valence-corrected chi connectivity index (χ3v) is 7.09. The van der Waals surface area contributed by atoms with Gasteiger partial charge in [-0.05, 0) is 36.0 Å². The predicted molar refractivity (Wildman–Crippen MR) is 100 cm³/mol.